The van der Waals surface area contributed by atoms with E-state index in [0.717, 1.165) is 6.42 Å². The molecule has 0 radical (unpaired) electrons. The molecule has 1 rings (SSSR count). The largest absolute Gasteiger partial charge is 0.444 e. The third kappa shape index (κ3) is 8.74. The summed E-state index contributed by atoms with van der Waals surface area (Å²) in [5.74, 6) is 0.293. The van der Waals surface area contributed by atoms with Crippen molar-refractivity contribution in [3.63, 3.8) is 0 Å². The van der Waals surface area contributed by atoms with Gasteiger partial charge in [0.25, 0.3) is 0 Å². The summed E-state index contributed by atoms with van der Waals surface area (Å²) in [5.41, 5.74) is -2.19. The zero-order valence-electron chi connectivity index (χ0n) is 22.1. The molecule has 3 N–H and O–H groups in total. The number of ether oxygens (including phenoxy) is 1. The summed E-state index contributed by atoms with van der Waals surface area (Å²) in [7, 11) is 0. The monoisotopic (exact) mass is 453 g/mol. The van der Waals surface area contributed by atoms with Crippen molar-refractivity contribution in [2.45, 2.75) is 124 Å². The van der Waals surface area contributed by atoms with Gasteiger partial charge < -0.3 is 20.6 Å². The number of nitrogens with zero attached hydrogens (tertiary/aromatic N) is 1. The minimum atomic E-state index is -0.754. The van der Waals surface area contributed by atoms with Crippen molar-refractivity contribution >= 4 is 12.0 Å². The molecule has 1 aliphatic heterocycles. The Balaban J connectivity index is 2.88. The first-order chi connectivity index (χ1) is 14.2. The van der Waals surface area contributed by atoms with Crippen molar-refractivity contribution in [1.82, 2.24) is 15.7 Å². The highest BCUT2D eigenvalue weighted by atomic mass is 16.6. The van der Waals surface area contributed by atoms with Gasteiger partial charge in [-0.2, -0.15) is 5.06 Å². The van der Waals surface area contributed by atoms with E-state index in [1.807, 2.05) is 74.5 Å². The molecule has 32 heavy (non-hydrogen) atoms. The molecule has 0 bridgehead atoms. The molecule has 0 spiro atoms. The van der Waals surface area contributed by atoms with Gasteiger partial charge >= 0.3 is 6.09 Å². The van der Waals surface area contributed by atoms with E-state index in [4.69, 9.17) is 4.74 Å². The van der Waals surface area contributed by atoms with Crippen LogP contribution in [0, 0.1) is 11.3 Å². The molecule has 7 heteroatoms. The zero-order valence-corrected chi connectivity index (χ0v) is 22.1. The van der Waals surface area contributed by atoms with E-state index in [1.165, 1.54) is 5.06 Å². The number of hydroxylamine groups is 2. The lowest BCUT2D eigenvalue weighted by molar-refractivity contribution is -0.246. The maximum absolute atomic E-state index is 13.1. The number of piperidine rings is 1. The van der Waals surface area contributed by atoms with E-state index < -0.39 is 28.2 Å². The minimum absolute atomic E-state index is 0.0325. The number of amides is 2. The highest BCUT2D eigenvalue weighted by molar-refractivity contribution is 5.84. The fraction of sp³-hybridized carbons (Fsp3) is 0.840. The molecule has 0 aromatic carbocycles. The van der Waals surface area contributed by atoms with Crippen LogP contribution in [0.2, 0.25) is 0 Å². The van der Waals surface area contributed by atoms with Crippen molar-refractivity contribution in [2.75, 3.05) is 0 Å². The number of hydrogen-bond donors (Lipinski definition) is 3. The summed E-state index contributed by atoms with van der Waals surface area (Å²) in [6.45, 7) is 21.3. The fourth-order valence-corrected chi connectivity index (χ4v) is 4.33. The predicted octanol–water partition coefficient (Wildman–Crippen LogP) is 5.04. The molecule has 1 aliphatic rings. The third-order valence-electron chi connectivity index (χ3n) is 5.73. The van der Waals surface area contributed by atoms with E-state index in [0.29, 0.717) is 18.8 Å². The highest BCUT2D eigenvalue weighted by Gasteiger charge is 2.46. The van der Waals surface area contributed by atoms with Gasteiger partial charge in [-0.1, -0.05) is 26.0 Å². The highest BCUT2D eigenvalue weighted by Crippen LogP contribution is 2.37. The number of carbonyl (C=O) groups is 2. The van der Waals surface area contributed by atoms with Crippen molar-refractivity contribution in [3.05, 3.63) is 12.2 Å². The Morgan fingerprint density at radius 2 is 1.59 bits per heavy atom. The van der Waals surface area contributed by atoms with Gasteiger partial charge in [0, 0.05) is 17.1 Å². The number of nitrogens with one attached hydrogen (secondary N) is 2. The average molecular weight is 454 g/mol. The molecule has 2 amide bonds. The smallest absolute Gasteiger partial charge is 0.408 e. The number of alkyl carbamates (subject to hydrolysis) is 1. The van der Waals surface area contributed by atoms with E-state index in [2.05, 4.69) is 24.5 Å². The predicted molar refractivity (Wildman–Crippen MR) is 128 cm³/mol. The van der Waals surface area contributed by atoms with Gasteiger partial charge in [-0.3, -0.25) is 4.79 Å². The van der Waals surface area contributed by atoms with Crippen molar-refractivity contribution in [2.24, 2.45) is 11.3 Å². The molecule has 0 aromatic rings. The maximum Gasteiger partial charge on any atom is 0.408 e. The summed E-state index contributed by atoms with van der Waals surface area (Å²) in [6, 6.07) is -0.262. The van der Waals surface area contributed by atoms with Gasteiger partial charge in [0.05, 0.1) is 11.5 Å². The quantitative estimate of drug-likeness (QED) is 0.470. The Bertz CT molecular complexity index is 672. The van der Waals surface area contributed by atoms with E-state index in [1.54, 1.807) is 0 Å². The molecule has 0 aromatic heterocycles. The average Bonchev–Trinajstić information content (AvgIpc) is 2.54. The lowest BCUT2D eigenvalue weighted by atomic mass is 9.78. The molecule has 1 atom stereocenters. The van der Waals surface area contributed by atoms with Gasteiger partial charge in [0.2, 0.25) is 5.91 Å². The Morgan fingerprint density at radius 1 is 1.09 bits per heavy atom. The van der Waals surface area contributed by atoms with Crippen LogP contribution in [0.5, 0.6) is 0 Å². The molecular weight excluding hydrogens is 406 g/mol. The summed E-state index contributed by atoms with van der Waals surface area (Å²) in [6.07, 6.45) is 5.36. The van der Waals surface area contributed by atoms with E-state index in [-0.39, 0.29) is 18.0 Å². The van der Waals surface area contributed by atoms with Gasteiger partial charge in [0.1, 0.15) is 5.60 Å². The van der Waals surface area contributed by atoms with Gasteiger partial charge in [0.15, 0.2) is 0 Å². The second-order valence-electron chi connectivity index (χ2n) is 12.5. The number of carbonyl (C=O) groups excluding carboxylic acids is 2. The molecule has 186 valence electrons. The molecule has 1 saturated heterocycles. The first kappa shape index (κ1) is 28.4. The SMILES string of the molecule is CC(C)C[C@@H](/C=C/C(C)(C)C(=O)NC1CC(C)(C)N(O)C(C)(C)C1)NC(=O)OC(C)(C)C. The topological polar surface area (TPSA) is 90.9 Å². The van der Waals surface area contributed by atoms with Crippen molar-refractivity contribution in [3.8, 4) is 0 Å². The first-order valence-electron chi connectivity index (χ1n) is 11.7. The normalized spacial score (nSPS) is 20.9. The third-order valence-corrected chi connectivity index (χ3v) is 5.73. The van der Waals surface area contributed by atoms with E-state index >= 15 is 0 Å². The Labute approximate surface area is 195 Å². The van der Waals surface area contributed by atoms with Crippen LogP contribution in [0.25, 0.3) is 0 Å². The molecule has 1 fully saturated rings. The van der Waals surface area contributed by atoms with E-state index in [9.17, 15) is 14.8 Å². The summed E-state index contributed by atoms with van der Waals surface area (Å²) < 4.78 is 5.39. The number of hydrogen-bond acceptors (Lipinski definition) is 5. The van der Waals surface area contributed by atoms with Crippen LogP contribution in [0.15, 0.2) is 12.2 Å². The molecular formula is C25H47N3O4. The molecule has 0 unspecified atom stereocenters. The zero-order chi connectivity index (χ0) is 25.1. The Morgan fingerprint density at radius 3 is 2.03 bits per heavy atom. The molecule has 1 heterocycles. The van der Waals surface area contributed by atoms with Crippen molar-refractivity contribution < 1.29 is 19.5 Å². The summed E-state index contributed by atoms with van der Waals surface area (Å²) in [4.78, 5) is 25.4. The molecule has 0 saturated carbocycles. The lowest BCUT2D eigenvalue weighted by Crippen LogP contribution is -2.63. The van der Waals surface area contributed by atoms with Crippen molar-refractivity contribution in [1.29, 1.82) is 0 Å². The summed E-state index contributed by atoms with van der Waals surface area (Å²) >= 11 is 0. The number of rotatable bonds is 7. The first-order valence-corrected chi connectivity index (χ1v) is 11.7. The van der Waals surface area contributed by atoms with Crippen LogP contribution in [-0.4, -0.2) is 51.0 Å². The van der Waals surface area contributed by atoms with Gasteiger partial charge in [-0.25, -0.2) is 4.79 Å². The van der Waals surface area contributed by atoms with Gasteiger partial charge in [-0.05, 0) is 87.5 Å². The second-order valence-corrected chi connectivity index (χ2v) is 12.5. The Hall–Kier alpha value is -1.60. The van der Waals surface area contributed by atoms with Gasteiger partial charge in [-0.15, -0.1) is 0 Å². The molecule has 7 nitrogen and oxygen atoms in total. The standard InChI is InChI=1S/C25H47N3O4/c1-17(2)14-18(27-21(30)32-22(3,4)5)12-13-23(6,7)20(29)26-19-15-24(8,9)28(31)25(10,11)16-19/h12-13,17-19,31H,14-16H2,1-11H3,(H,26,29)(H,27,30)/b13-12+/t18-/m1/s1. The van der Waals surface area contributed by atoms with Crippen LogP contribution in [-0.2, 0) is 9.53 Å². The second kappa shape index (κ2) is 10.1. The summed E-state index contributed by atoms with van der Waals surface area (Å²) in [5, 5.41) is 18.0. The fourth-order valence-electron chi connectivity index (χ4n) is 4.33. The molecule has 0 aliphatic carbocycles. The Kier molecular flexibility index (Phi) is 8.99. The van der Waals surface area contributed by atoms with Crippen LogP contribution < -0.4 is 10.6 Å². The van der Waals surface area contributed by atoms with Crippen LogP contribution in [0.3, 0.4) is 0 Å². The maximum atomic E-state index is 13.1. The van der Waals surface area contributed by atoms with Crippen LogP contribution in [0.4, 0.5) is 4.79 Å². The van der Waals surface area contributed by atoms with Crippen LogP contribution in [0.1, 0.15) is 95.4 Å². The lowest BCUT2D eigenvalue weighted by Gasteiger charge is -2.51. The minimum Gasteiger partial charge on any atom is -0.444 e. The van der Waals surface area contributed by atoms with Crippen LogP contribution >= 0.6 is 0 Å².